The molecule has 0 amide bonds. The van der Waals surface area contributed by atoms with Crippen LogP contribution in [0.4, 0.5) is 0 Å². The predicted octanol–water partition coefficient (Wildman–Crippen LogP) is 1.47. The molecule has 1 heterocycles. The second kappa shape index (κ2) is 4.81. The highest BCUT2D eigenvalue weighted by Crippen LogP contribution is 2.21. The molecule has 1 aliphatic heterocycles. The Morgan fingerprint density at radius 2 is 2.07 bits per heavy atom. The third-order valence-electron chi connectivity index (χ3n) is 3.08. The van der Waals surface area contributed by atoms with E-state index in [9.17, 15) is 0 Å². The largest absolute Gasteiger partial charge is 0.370 e. The molecule has 0 spiro atoms. The van der Waals surface area contributed by atoms with Crippen molar-refractivity contribution in [2.45, 2.75) is 52.4 Å². The first-order valence-electron chi connectivity index (χ1n) is 5.96. The Bertz CT molecular complexity index is 204. The second-order valence-corrected chi connectivity index (χ2v) is 5.72. The lowest BCUT2D eigenvalue weighted by Gasteiger charge is -2.43. The highest BCUT2D eigenvalue weighted by molar-refractivity contribution is 4.84. The van der Waals surface area contributed by atoms with Gasteiger partial charge in [0.15, 0.2) is 0 Å². The first-order chi connectivity index (χ1) is 6.80. The third-order valence-corrected chi connectivity index (χ3v) is 3.08. The van der Waals surface area contributed by atoms with Gasteiger partial charge in [-0.1, -0.05) is 6.92 Å². The van der Waals surface area contributed by atoms with E-state index >= 15 is 0 Å². The number of ether oxygens (including phenoxy) is 1. The van der Waals surface area contributed by atoms with Gasteiger partial charge in [0, 0.05) is 25.7 Å². The van der Waals surface area contributed by atoms with E-state index in [0.717, 1.165) is 19.6 Å². The molecule has 2 N–H and O–H groups in total. The average Bonchev–Trinajstić information content (AvgIpc) is 1.99. The maximum absolute atomic E-state index is 5.90. The molecule has 0 aromatic carbocycles. The summed E-state index contributed by atoms with van der Waals surface area (Å²) in [5.74, 6) is 0.547. The molecule has 0 saturated carbocycles. The van der Waals surface area contributed by atoms with E-state index in [1.54, 1.807) is 0 Å². The van der Waals surface area contributed by atoms with Crippen molar-refractivity contribution in [3.63, 3.8) is 0 Å². The molecule has 1 rings (SSSR count). The van der Waals surface area contributed by atoms with E-state index in [-0.39, 0.29) is 11.6 Å². The lowest BCUT2D eigenvalue weighted by Crippen LogP contribution is -2.53. The van der Waals surface area contributed by atoms with Gasteiger partial charge in [-0.15, -0.1) is 0 Å². The van der Waals surface area contributed by atoms with E-state index in [1.807, 2.05) is 0 Å². The second-order valence-electron chi connectivity index (χ2n) is 5.72. The van der Waals surface area contributed by atoms with Crippen LogP contribution in [0.1, 0.15) is 34.6 Å². The Kier molecular flexibility index (Phi) is 4.15. The van der Waals surface area contributed by atoms with E-state index in [1.165, 1.54) is 0 Å². The molecule has 0 aromatic heterocycles. The van der Waals surface area contributed by atoms with Gasteiger partial charge in [0.25, 0.3) is 0 Å². The molecule has 3 heteroatoms. The topological polar surface area (TPSA) is 38.5 Å². The van der Waals surface area contributed by atoms with Crippen molar-refractivity contribution in [1.82, 2.24) is 4.90 Å². The van der Waals surface area contributed by atoms with Crippen molar-refractivity contribution >= 4 is 0 Å². The molecule has 0 radical (unpaired) electrons. The predicted molar refractivity (Wildman–Crippen MR) is 63.9 cm³/mol. The van der Waals surface area contributed by atoms with Crippen LogP contribution in [0.2, 0.25) is 0 Å². The third kappa shape index (κ3) is 4.09. The summed E-state index contributed by atoms with van der Waals surface area (Å²) in [5, 5.41) is 0. The quantitative estimate of drug-likeness (QED) is 0.773. The lowest BCUT2D eigenvalue weighted by atomic mass is 10.0. The normalized spacial score (nSPS) is 31.2. The Morgan fingerprint density at radius 1 is 1.47 bits per heavy atom. The van der Waals surface area contributed by atoms with Gasteiger partial charge in [-0.05, 0) is 33.6 Å². The summed E-state index contributed by atoms with van der Waals surface area (Å²) in [7, 11) is 0. The maximum Gasteiger partial charge on any atom is 0.0757 e. The number of hydrogen-bond acceptors (Lipinski definition) is 3. The smallest absolute Gasteiger partial charge is 0.0757 e. The number of hydrogen-bond donors (Lipinski definition) is 1. The molecular formula is C12H26N2O. The molecule has 90 valence electrons. The van der Waals surface area contributed by atoms with Crippen molar-refractivity contribution in [3.05, 3.63) is 0 Å². The summed E-state index contributed by atoms with van der Waals surface area (Å²) in [6.07, 6.45) is 0.328. The van der Waals surface area contributed by atoms with Crippen molar-refractivity contribution in [2.24, 2.45) is 11.7 Å². The first-order valence-corrected chi connectivity index (χ1v) is 5.96. The van der Waals surface area contributed by atoms with Crippen LogP contribution in [-0.2, 0) is 4.74 Å². The van der Waals surface area contributed by atoms with Crippen LogP contribution in [0.25, 0.3) is 0 Å². The van der Waals surface area contributed by atoms with Gasteiger partial charge < -0.3 is 10.5 Å². The Morgan fingerprint density at radius 3 is 2.53 bits per heavy atom. The van der Waals surface area contributed by atoms with Gasteiger partial charge >= 0.3 is 0 Å². The minimum Gasteiger partial charge on any atom is -0.370 e. The van der Waals surface area contributed by atoms with Crippen LogP contribution >= 0.6 is 0 Å². The Labute approximate surface area is 94.0 Å². The summed E-state index contributed by atoms with van der Waals surface area (Å²) < 4.78 is 5.87. The van der Waals surface area contributed by atoms with Crippen molar-refractivity contribution in [2.75, 3.05) is 19.6 Å². The molecule has 3 unspecified atom stereocenters. The highest BCUT2D eigenvalue weighted by atomic mass is 16.5. The van der Waals surface area contributed by atoms with Crippen LogP contribution < -0.4 is 5.73 Å². The minimum absolute atomic E-state index is 0.0186. The van der Waals surface area contributed by atoms with Crippen LogP contribution in [0, 0.1) is 5.92 Å². The monoisotopic (exact) mass is 214 g/mol. The molecular weight excluding hydrogens is 188 g/mol. The number of nitrogens with two attached hydrogens (primary N) is 1. The van der Waals surface area contributed by atoms with Crippen LogP contribution in [0.15, 0.2) is 0 Å². The van der Waals surface area contributed by atoms with Crippen LogP contribution in [0.5, 0.6) is 0 Å². The maximum atomic E-state index is 5.90. The Hall–Kier alpha value is -0.120. The minimum atomic E-state index is -0.0186. The van der Waals surface area contributed by atoms with Gasteiger partial charge in [0.1, 0.15) is 0 Å². The van der Waals surface area contributed by atoms with Gasteiger partial charge in [-0.25, -0.2) is 0 Å². The number of rotatable bonds is 3. The molecule has 0 aromatic rings. The fourth-order valence-electron chi connectivity index (χ4n) is 2.30. The fourth-order valence-corrected chi connectivity index (χ4v) is 2.30. The first kappa shape index (κ1) is 12.9. The zero-order valence-corrected chi connectivity index (χ0v) is 10.8. The molecule has 1 saturated heterocycles. The molecule has 15 heavy (non-hydrogen) atoms. The molecule has 0 aliphatic carbocycles. The number of morpholine rings is 1. The standard InChI is InChI=1S/C12H26N2O/c1-9(11(3)13)6-14-7-10(2)15-12(4,5)8-14/h9-11H,6-8,13H2,1-5H3. The van der Waals surface area contributed by atoms with E-state index in [4.69, 9.17) is 10.5 Å². The lowest BCUT2D eigenvalue weighted by molar-refractivity contribution is -0.131. The molecule has 0 bridgehead atoms. The summed E-state index contributed by atoms with van der Waals surface area (Å²) in [5.41, 5.74) is 5.88. The summed E-state index contributed by atoms with van der Waals surface area (Å²) in [6, 6.07) is 0.270. The molecule has 1 aliphatic rings. The van der Waals surface area contributed by atoms with Gasteiger partial charge in [-0.2, -0.15) is 0 Å². The Balaban J connectivity index is 2.48. The van der Waals surface area contributed by atoms with Crippen molar-refractivity contribution in [3.8, 4) is 0 Å². The SMILES string of the molecule is CC1CN(CC(C)C(C)N)CC(C)(C)O1. The highest BCUT2D eigenvalue weighted by Gasteiger charge is 2.31. The van der Waals surface area contributed by atoms with Gasteiger partial charge in [0.2, 0.25) is 0 Å². The molecule has 1 fully saturated rings. The van der Waals surface area contributed by atoms with E-state index in [2.05, 4.69) is 39.5 Å². The number of nitrogens with zero attached hydrogens (tertiary/aromatic N) is 1. The zero-order chi connectivity index (χ0) is 11.6. The summed E-state index contributed by atoms with van der Waals surface area (Å²) in [6.45, 7) is 13.9. The summed E-state index contributed by atoms with van der Waals surface area (Å²) in [4.78, 5) is 2.47. The van der Waals surface area contributed by atoms with E-state index < -0.39 is 0 Å². The summed E-state index contributed by atoms with van der Waals surface area (Å²) >= 11 is 0. The van der Waals surface area contributed by atoms with E-state index in [0.29, 0.717) is 12.0 Å². The van der Waals surface area contributed by atoms with Crippen molar-refractivity contribution in [1.29, 1.82) is 0 Å². The van der Waals surface area contributed by atoms with Crippen LogP contribution in [0.3, 0.4) is 0 Å². The molecule has 3 nitrogen and oxygen atoms in total. The van der Waals surface area contributed by atoms with Gasteiger partial charge in [-0.3, -0.25) is 4.90 Å². The average molecular weight is 214 g/mol. The zero-order valence-electron chi connectivity index (χ0n) is 10.8. The van der Waals surface area contributed by atoms with Crippen LogP contribution in [-0.4, -0.2) is 42.3 Å². The van der Waals surface area contributed by atoms with Gasteiger partial charge in [0.05, 0.1) is 11.7 Å². The van der Waals surface area contributed by atoms with Crippen molar-refractivity contribution < 1.29 is 4.74 Å². The molecule has 3 atom stereocenters. The fraction of sp³-hybridized carbons (Fsp3) is 1.00.